The molecule has 0 heterocycles. The summed E-state index contributed by atoms with van der Waals surface area (Å²) in [4.78, 5) is 14.4. The molecular weight excluding hydrogens is 627 g/mol. The molecule has 0 saturated carbocycles. The summed E-state index contributed by atoms with van der Waals surface area (Å²) >= 11 is 0. The lowest BCUT2D eigenvalue weighted by molar-refractivity contribution is -0.118. The molecule has 0 aromatic heterocycles. The fourth-order valence-corrected chi connectivity index (χ4v) is 7.27. The minimum atomic E-state index is -0.152. The molecule has 0 fully saturated rings. The fraction of sp³-hybridized carbons (Fsp3) is 0.375. The van der Waals surface area contributed by atoms with Gasteiger partial charge in [0.15, 0.2) is 11.5 Å². The molecule has 0 bridgehead atoms. The molecule has 1 amide bonds. The number of hydrogen-bond acceptors (Lipinski definition) is 4. The van der Waals surface area contributed by atoms with Gasteiger partial charge in [-0.05, 0) is 91.4 Å². The van der Waals surface area contributed by atoms with Gasteiger partial charge in [-0.15, -0.1) is 24.8 Å². The van der Waals surface area contributed by atoms with Crippen molar-refractivity contribution in [2.45, 2.75) is 69.9 Å². The lowest BCUT2D eigenvalue weighted by Crippen LogP contribution is -2.34. The molecule has 1 aliphatic carbocycles. The minimum absolute atomic E-state index is 0. The predicted molar refractivity (Wildman–Crippen MR) is 197 cm³/mol. The smallest absolute Gasteiger partial charge is 0.216 e. The molecule has 4 aromatic carbocycles. The molecular formula is C40H50Cl2N2O3. The number of fused-ring (bicyclic) bond motifs is 1. The van der Waals surface area contributed by atoms with Crippen molar-refractivity contribution in [1.82, 2.24) is 10.2 Å². The molecule has 47 heavy (non-hydrogen) atoms. The highest BCUT2D eigenvalue weighted by molar-refractivity contribution is 5.85. The monoisotopic (exact) mass is 676 g/mol. The molecule has 0 saturated heterocycles. The Balaban J connectivity index is 0.00000300. The second-order valence-corrected chi connectivity index (χ2v) is 12.3. The highest BCUT2D eigenvalue weighted by atomic mass is 35.5. The van der Waals surface area contributed by atoms with Crippen molar-refractivity contribution < 1.29 is 14.3 Å². The maximum atomic E-state index is 11.7. The van der Waals surface area contributed by atoms with Crippen LogP contribution >= 0.6 is 24.8 Å². The second-order valence-electron chi connectivity index (χ2n) is 12.3. The van der Waals surface area contributed by atoms with E-state index in [0.717, 1.165) is 69.5 Å². The number of hydrogen-bond donors (Lipinski definition) is 1. The molecule has 0 aliphatic heterocycles. The number of amides is 1. The van der Waals surface area contributed by atoms with Gasteiger partial charge in [-0.1, -0.05) is 91.0 Å². The van der Waals surface area contributed by atoms with Gasteiger partial charge in [-0.3, -0.25) is 9.69 Å². The third kappa shape index (κ3) is 9.53. The van der Waals surface area contributed by atoms with Crippen LogP contribution in [0.15, 0.2) is 103 Å². The van der Waals surface area contributed by atoms with E-state index in [-0.39, 0.29) is 36.1 Å². The lowest BCUT2D eigenvalue weighted by Gasteiger charge is -2.39. The van der Waals surface area contributed by atoms with Gasteiger partial charge in [0, 0.05) is 31.5 Å². The van der Waals surface area contributed by atoms with Crippen molar-refractivity contribution in [3.63, 3.8) is 0 Å². The summed E-state index contributed by atoms with van der Waals surface area (Å²) in [5.74, 6) is 1.63. The molecule has 4 aromatic rings. The second kappa shape index (κ2) is 18.7. The van der Waals surface area contributed by atoms with Crippen LogP contribution in [0.2, 0.25) is 0 Å². The van der Waals surface area contributed by atoms with E-state index in [9.17, 15) is 4.79 Å². The van der Waals surface area contributed by atoms with Crippen LogP contribution in [0.4, 0.5) is 0 Å². The van der Waals surface area contributed by atoms with E-state index in [1.165, 1.54) is 27.8 Å². The molecule has 5 rings (SSSR count). The number of ether oxygens (including phenoxy) is 2. The van der Waals surface area contributed by atoms with E-state index >= 15 is 0 Å². The van der Waals surface area contributed by atoms with E-state index in [4.69, 9.17) is 9.47 Å². The van der Waals surface area contributed by atoms with Gasteiger partial charge in [0.2, 0.25) is 5.91 Å². The van der Waals surface area contributed by atoms with Crippen molar-refractivity contribution in [2.75, 3.05) is 27.3 Å². The molecule has 1 N–H and O–H groups in total. The van der Waals surface area contributed by atoms with Crippen molar-refractivity contribution >= 4 is 30.7 Å². The first-order chi connectivity index (χ1) is 22.0. The zero-order chi connectivity index (χ0) is 31.5. The number of halogens is 2. The number of rotatable bonds is 15. The third-order valence-corrected chi connectivity index (χ3v) is 9.45. The van der Waals surface area contributed by atoms with Gasteiger partial charge in [-0.2, -0.15) is 0 Å². The van der Waals surface area contributed by atoms with Crippen molar-refractivity contribution in [3.05, 3.63) is 131 Å². The van der Waals surface area contributed by atoms with Crippen LogP contribution in [0, 0.1) is 0 Å². The summed E-state index contributed by atoms with van der Waals surface area (Å²) in [6, 6.07) is 37.5. The Morgan fingerprint density at radius 3 is 1.94 bits per heavy atom. The fourth-order valence-electron chi connectivity index (χ4n) is 7.27. The Hall–Kier alpha value is -3.51. The Morgan fingerprint density at radius 2 is 1.36 bits per heavy atom. The lowest BCUT2D eigenvalue weighted by atomic mass is 9.68. The molecule has 1 atom stereocenters. The van der Waals surface area contributed by atoms with Gasteiger partial charge in [0.1, 0.15) is 0 Å². The molecule has 1 aliphatic rings. The number of nitrogens with zero attached hydrogens (tertiary/aromatic N) is 1. The molecule has 252 valence electrons. The van der Waals surface area contributed by atoms with Crippen molar-refractivity contribution in [1.29, 1.82) is 0 Å². The molecule has 0 spiro atoms. The normalized spacial score (nSPS) is 13.9. The zero-order valence-corrected chi connectivity index (χ0v) is 29.6. The predicted octanol–water partition coefficient (Wildman–Crippen LogP) is 9.11. The van der Waals surface area contributed by atoms with Crippen LogP contribution in [-0.4, -0.2) is 38.1 Å². The number of benzene rings is 4. The van der Waals surface area contributed by atoms with E-state index < -0.39 is 0 Å². The Bertz CT molecular complexity index is 1460. The molecule has 0 radical (unpaired) electrons. The van der Waals surface area contributed by atoms with E-state index in [0.29, 0.717) is 12.6 Å². The van der Waals surface area contributed by atoms with Crippen LogP contribution in [0.25, 0.3) is 0 Å². The average Bonchev–Trinajstić information content (AvgIpc) is 3.09. The van der Waals surface area contributed by atoms with Gasteiger partial charge < -0.3 is 14.8 Å². The minimum Gasteiger partial charge on any atom is -0.493 e. The Labute approximate surface area is 293 Å². The highest BCUT2D eigenvalue weighted by Crippen LogP contribution is 2.43. The maximum absolute atomic E-state index is 11.7. The molecule has 5 nitrogen and oxygen atoms in total. The average molecular weight is 678 g/mol. The van der Waals surface area contributed by atoms with E-state index in [1.54, 1.807) is 21.1 Å². The van der Waals surface area contributed by atoms with Crippen LogP contribution in [0.3, 0.4) is 0 Å². The summed E-state index contributed by atoms with van der Waals surface area (Å²) < 4.78 is 11.4. The summed E-state index contributed by atoms with van der Waals surface area (Å²) in [5.41, 5.74) is 6.59. The molecule has 7 heteroatoms. The summed E-state index contributed by atoms with van der Waals surface area (Å²) in [6.07, 6.45) is 7.25. The zero-order valence-electron chi connectivity index (χ0n) is 28.0. The molecule has 1 unspecified atom stereocenters. The number of nitrogens with one attached hydrogen (secondary N) is 1. The Kier molecular flexibility index (Phi) is 15.1. The van der Waals surface area contributed by atoms with Crippen LogP contribution < -0.4 is 14.8 Å². The number of methoxy groups -OCH3 is 2. The van der Waals surface area contributed by atoms with Crippen LogP contribution in [0.1, 0.15) is 79.3 Å². The van der Waals surface area contributed by atoms with E-state index in [2.05, 4.69) is 113 Å². The summed E-state index contributed by atoms with van der Waals surface area (Å²) in [5, 5.41) is 3.03. The van der Waals surface area contributed by atoms with Gasteiger partial charge in [0.25, 0.3) is 0 Å². The Morgan fingerprint density at radius 1 is 0.809 bits per heavy atom. The third-order valence-electron chi connectivity index (χ3n) is 9.45. The van der Waals surface area contributed by atoms with E-state index in [1.807, 2.05) is 0 Å². The first-order valence-electron chi connectivity index (χ1n) is 16.4. The number of aryl methyl sites for hydroxylation is 1. The first kappa shape index (κ1) is 37.9. The van der Waals surface area contributed by atoms with Gasteiger partial charge in [-0.25, -0.2) is 0 Å². The summed E-state index contributed by atoms with van der Waals surface area (Å²) in [7, 11) is 3.44. The number of carbonyl (C=O) groups is 1. The topological polar surface area (TPSA) is 50.8 Å². The summed E-state index contributed by atoms with van der Waals surface area (Å²) in [6.45, 7) is 4.14. The van der Waals surface area contributed by atoms with Gasteiger partial charge in [0.05, 0.1) is 14.2 Å². The highest BCUT2D eigenvalue weighted by Gasteiger charge is 2.34. The van der Waals surface area contributed by atoms with Crippen molar-refractivity contribution in [2.24, 2.45) is 0 Å². The van der Waals surface area contributed by atoms with Crippen LogP contribution in [0.5, 0.6) is 11.5 Å². The largest absolute Gasteiger partial charge is 0.493 e. The number of carbonyl (C=O) groups excluding carboxylic acids is 1. The maximum Gasteiger partial charge on any atom is 0.216 e. The quantitative estimate of drug-likeness (QED) is 0.128. The SMILES string of the molecule is COc1cc2c(cc1OC)C(N(CCCC(CCCNC(C)=O)(c1ccccc1)c1ccccc1)Cc1ccccc1)CCC2.Cl.Cl. The van der Waals surface area contributed by atoms with Gasteiger partial charge >= 0.3 is 0 Å². The van der Waals surface area contributed by atoms with Crippen molar-refractivity contribution in [3.8, 4) is 11.5 Å². The standard InChI is InChI=1S/C40H48N2O3.2ClH/c1-31(43)41-26-14-24-40(34-19-9-5-10-20-34,35-21-11-6-12-22-35)25-15-27-42(30-32-16-7-4-8-17-32)37-23-13-18-33-28-38(44-2)39(45-3)29-36(33)37;;/h4-12,16-17,19-22,28-29,37H,13-15,18,23-27,30H2,1-3H3,(H,41,43);2*1H. The van der Waals surface area contributed by atoms with Crippen LogP contribution in [-0.2, 0) is 23.2 Å². The first-order valence-corrected chi connectivity index (χ1v) is 16.4.